The van der Waals surface area contributed by atoms with E-state index in [-0.39, 0.29) is 5.91 Å². The zero-order valence-corrected chi connectivity index (χ0v) is 11.5. The van der Waals surface area contributed by atoms with E-state index in [0.717, 1.165) is 10.6 Å². The van der Waals surface area contributed by atoms with Gasteiger partial charge in [0.05, 0.1) is 11.4 Å². The molecule has 3 nitrogen and oxygen atoms in total. The van der Waals surface area contributed by atoms with Gasteiger partial charge in [0.25, 0.3) is 0 Å². The Labute approximate surface area is 117 Å². The molecule has 0 aliphatic heterocycles. The second-order valence-electron chi connectivity index (χ2n) is 4.09. The monoisotopic (exact) mass is 272 g/mol. The number of carbonyl (C=O) groups excluding carboxylic acids is 1. The number of thioether (sulfide) groups is 1. The molecule has 1 amide bonds. The Bertz CT molecular complexity index is 543. The van der Waals surface area contributed by atoms with Crippen molar-refractivity contribution in [3.63, 3.8) is 0 Å². The fourth-order valence-electron chi connectivity index (χ4n) is 1.56. The minimum atomic E-state index is -0.0443. The summed E-state index contributed by atoms with van der Waals surface area (Å²) in [5, 5.41) is 0. The average Bonchev–Trinajstić information content (AvgIpc) is 2.45. The van der Waals surface area contributed by atoms with Crippen molar-refractivity contribution in [1.29, 1.82) is 0 Å². The van der Waals surface area contributed by atoms with Crippen LogP contribution < -0.4 is 10.9 Å². The van der Waals surface area contributed by atoms with Crippen LogP contribution in [0.25, 0.3) is 0 Å². The van der Waals surface area contributed by atoms with Gasteiger partial charge in [-0.25, -0.2) is 0 Å². The van der Waals surface area contributed by atoms with Gasteiger partial charge in [0, 0.05) is 4.90 Å². The van der Waals surface area contributed by atoms with Gasteiger partial charge in [-0.15, -0.1) is 11.8 Å². The van der Waals surface area contributed by atoms with Gasteiger partial charge in [0.15, 0.2) is 0 Å². The van der Waals surface area contributed by atoms with Crippen molar-refractivity contribution >= 4 is 23.4 Å². The number of anilines is 1. The maximum Gasteiger partial charge on any atom is 0.248 e. The van der Waals surface area contributed by atoms with E-state index < -0.39 is 0 Å². The zero-order valence-electron chi connectivity index (χ0n) is 10.7. The van der Waals surface area contributed by atoms with E-state index >= 15 is 0 Å². The molecule has 0 aromatic heterocycles. The second kappa shape index (κ2) is 6.85. The van der Waals surface area contributed by atoms with E-state index in [2.05, 4.69) is 10.9 Å². The third-order valence-corrected chi connectivity index (χ3v) is 3.75. The predicted octanol–water partition coefficient (Wildman–Crippen LogP) is 3.23. The van der Waals surface area contributed by atoms with Crippen LogP contribution >= 0.6 is 11.8 Å². The molecule has 0 aliphatic carbocycles. The van der Waals surface area contributed by atoms with Gasteiger partial charge in [-0.1, -0.05) is 36.4 Å². The maximum atomic E-state index is 11.7. The van der Waals surface area contributed by atoms with Crippen molar-refractivity contribution in [2.75, 3.05) is 11.2 Å². The highest BCUT2D eigenvalue weighted by Crippen LogP contribution is 2.21. The molecule has 19 heavy (non-hydrogen) atoms. The molecule has 2 rings (SSSR count). The second-order valence-corrected chi connectivity index (χ2v) is 5.11. The van der Waals surface area contributed by atoms with E-state index in [1.807, 2.05) is 61.5 Å². The number of nitrogens with one attached hydrogen (secondary N) is 2. The van der Waals surface area contributed by atoms with Gasteiger partial charge in [0.2, 0.25) is 5.91 Å². The molecule has 0 spiro atoms. The van der Waals surface area contributed by atoms with Crippen molar-refractivity contribution in [3.8, 4) is 0 Å². The third-order valence-electron chi connectivity index (χ3n) is 2.57. The van der Waals surface area contributed by atoms with Gasteiger partial charge in [0.1, 0.15) is 0 Å². The highest BCUT2D eigenvalue weighted by Gasteiger charge is 2.03. The molecule has 0 saturated carbocycles. The lowest BCUT2D eigenvalue weighted by Gasteiger charge is -2.08. The summed E-state index contributed by atoms with van der Waals surface area (Å²) in [4.78, 5) is 12.8. The molecular weight excluding hydrogens is 256 g/mol. The lowest BCUT2D eigenvalue weighted by atomic mass is 10.2. The van der Waals surface area contributed by atoms with Crippen LogP contribution in [0.4, 0.5) is 5.69 Å². The first-order valence-electron chi connectivity index (χ1n) is 6.04. The minimum absolute atomic E-state index is 0.0443. The van der Waals surface area contributed by atoms with Crippen LogP contribution in [0.5, 0.6) is 0 Å². The Balaban J connectivity index is 1.78. The first kappa shape index (κ1) is 13.5. The van der Waals surface area contributed by atoms with Crippen LogP contribution in [0.15, 0.2) is 59.5 Å². The number of hydrazine groups is 1. The summed E-state index contributed by atoms with van der Waals surface area (Å²) in [6.07, 6.45) is 0. The molecule has 0 unspecified atom stereocenters. The van der Waals surface area contributed by atoms with E-state index in [1.54, 1.807) is 0 Å². The molecule has 0 fully saturated rings. The van der Waals surface area contributed by atoms with Crippen LogP contribution in [-0.2, 0) is 4.79 Å². The van der Waals surface area contributed by atoms with Crippen molar-refractivity contribution in [2.45, 2.75) is 11.8 Å². The van der Waals surface area contributed by atoms with Crippen LogP contribution in [0.1, 0.15) is 5.56 Å². The standard InChI is InChI=1S/C15H16N2OS/c1-12-7-5-6-10-14(12)19-11-15(18)17-16-13-8-3-2-4-9-13/h2-10,16H,11H2,1H3,(H,17,18). The Hall–Kier alpha value is -1.94. The first-order chi connectivity index (χ1) is 9.25. The van der Waals surface area contributed by atoms with Crippen molar-refractivity contribution in [1.82, 2.24) is 5.43 Å². The predicted molar refractivity (Wildman–Crippen MR) is 80.1 cm³/mol. The van der Waals surface area contributed by atoms with Gasteiger partial charge < -0.3 is 0 Å². The molecule has 0 aliphatic rings. The number of hydrogen-bond acceptors (Lipinski definition) is 3. The number of para-hydroxylation sites is 1. The summed E-state index contributed by atoms with van der Waals surface area (Å²) in [5.41, 5.74) is 7.62. The van der Waals surface area contributed by atoms with Crippen LogP contribution in [0, 0.1) is 6.92 Å². The molecule has 0 heterocycles. The van der Waals surface area contributed by atoms with E-state index in [1.165, 1.54) is 17.3 Å². The molecule has 0 bridgehead atoms. The van der Waals surface area contributed by atoms with Gasteiger partial charge in [-0.3, -0.25) is 15.6 Å². The van der Waals surface area contributed by atoms with Crippen molar-refractivity contribution in [3.05, 3.63) is 60.2 Å². The number of benzene rings is 2. The number of amides is 1. The summed E-state index contributed by atoms with van der Waals surface area (Å²) in [7, 11) is 0. The van der Waals surface area contributed by atoms with Crippen LogP contribution in [0.2, 0.25) is 0 Å². The van der Waals surface area contributed by atoms with Crippen LogP contribution in [0.3, 0.4) is 0 Å². The highest BCUT2D eigenvalue weighted by atomic mass is 32.2. The molecule has 2 aromatic carbocycles. The molecule has 0 atom stereocenters. The van der Waals surface area contributed by atoms with E-state index in [9.17, 15) is 4.79 Å². The molecule has 2 N–H and O–H groups in total. The number of aryl methyl sites for hydroxylation is 1. The third kappa shape index (κ3) is 4.34. The number of carbonyl (C=O) groups is 1. The molecule has 98 valence electrons. The normalized spacial score (nSPS) is 9.95. The first-order valence-corrected chi connectivity index (χ1v) is 7.02. The average molecular weight is 272 g/mol. The Morgan fingerprint density at radius 1 is 1.05 bits per heavy atom. The van der Waals surface area contributed by atoms with Gasteiger partial charge in [-0.2, -0.15) is 0 Å². The Kier molecular flexibility index (Phi) is 4.86. The zero-order chi connectivity index (χ0) is 13.5. The summed E-state index contributed by atoms with van der Waals surface area (Å²) in [6.45, 7) is 2.04. The van der Waals surface area contributed by atoms with Gasteiger partial charge in [-0.05, 0) is 30.7 Å². The largest absolute Gasteiger partial charge is 0.299 e. The fourth-order valence-corrected chi connectivity index (χ4v) is 2.39. The molecule has 0 radical (unpaired) electrons. The lowest BCUT2D eigenvalue weighted by Crippen LogP contribution is -2.30. The molecule has 2 aromatic rings. The lowest BCUT2D eigenvalue weighted by molar-refractivity contribution is -0.118. The number of hydrogen-bond donors (Lipinski definition) is 2. The van der Waals surface area contributed by atoms with Gasteiger partial charge >= 0.3 is 0 Å². The van der Waals surface area contributed by atoms with Crippen LogP contribution in [-0.4, -0.2) is 11.7 Å². The van der Waals surface area contributed by atoms with Crippen molar-refractivity contribution in [2.24, 2.45) is 0 Å². The summed E-state index contributed by atoms with van der Waals surface area (Å²) in [5.74, 6) is 0.349. The maximum absolute atomic E-state index is 11.7. The SMILES string of the molecule is Cc1ccccc1SCC(=O)NNc1ccccc1. The van der Waals surface area contributed by atoms with E-state index in [4.69, 9.17) is 0 Å². The van der Waals surface area contributed by atoms with E-state index in [0.29, 0.717) is 5.75 Å². The Morgan fingerprint density at radius 2 is 1.74 bits per heavy atom. The topological polar surface area (TPSA) is 41.1 Å². The summed E-state index contributed by atoms with van der Waals surface area (Å²) in [6, 6.07) is 17.6. The summed E-state index contributed by atoms with van der Waals surface area (Å²) < 4.78 is 0. The number of rotatable bonds is 5. The van der Waals surface area contributed by atoms with Crippen molar-refractivity contribution < 1.29 is 4.79 Å². The fraction of sp³-hybridized carbons (Fsp3) is 0.133. The summed E-state index contributed by atoms with van der Waals surface area (Å²) >= 11 is 1.54. The quantitative estimate of drug-likeness (QED) is 0.648. The molecule has 0 saturated heterocycles. The highest BCUT2D eigenvalue weighted by molar-refractivity contribution is 8.00. The molecular formula is C15H16N2OS. The minimum Gasteiger partial charge on any atom is -0.299 e. The molecule has 4 heteroatoms. The Morgan fingerprint density at radius 3 is 2.47 bits per heavy atom. The smallest absolute Gasteiger partial charge is 0.248 e.